The van der Waals surface area contributed by atoms with E-state index in [-0.39, 0.29) is 22.0 Å². The maximum Gasteiger partial charge on any atom is 0.294 e. The highest BCUT2D eigenvalue weighted by Gasteiger charge is 2.25. The van der Waals surface area contributed by atoms with Crippen molar-refractivity contribution in [2.75, 3.05) is 5.32 Å². The minimum atomic E-state index is -0.810. The van der Waals surface area contributed by atoms with Gasteiger partial charge in [0.15, 0.2) is 0 Å². The number of H-pyrrole nitrogens is 1. The monoisotopic (exact) mass is 446 g/mol. The molecule has 0 radical (unpaired) electrons. The van der Waals surface area contributed by atoms with Crippen LogP contribution < -0.4 is 10.9 Å². The molecular weight excluding hydrogens is 432 g/mol. The molecule has 2 N–H and O–H groups in total. The van der Waals surface area contributed by atoms with Crippen LogP contribution in [0, 0.1) is 10.1 Å². The molecule has 158 valence electrons. The van der Waals surface area contributed by atoms with Gasteiger partial charge < -0.3 is 5.32 Å². The van der Waals surface area contributed by atoms with Crippen LogP contribution in [0.15, 0.2) is 83.7 Å². The first-order valence-corrected chi connectivity index (χ1v) is 9.82. The van der Waals surface area contributed by atoms with E-state index in [9.17, 15) is 19.7 Å². The number of hydrogen-bond acceptors (Lipinski definition) is 5. The lowest BCUT2D eigenvalue weighted by molar-refractivity contribution is -0.383. The van der Waals surface area contributed by atoms with Gasteiger partial charge in [-0.1, -0.05) is 72.3 Å². The molecule has 0 bridgehead atoms. The molecule has 8 nitrogen and oxygen atoms in total. The smallest absolute Gasteiger partial charge is 0.294 e. The van der Waals surface area contributed by atoms with Gasteiger partial charge in [0.1, 0.15) is 11.3 Å². The average molecular weight is 447 g/mol. The molecule has 3 aromatic carbocycles. The lowest BCUT2D eigenvalue weighted by Gasteiger charge is -2.14. The molecular formula is C23H15ClN4O4. The van der Waals surface area contributed by atoms with Gasteiger partial charge in [-0.3, -0.25) is 19.7 Å². The third kappa shape index (κ3) is 4.12. The van der Waals surface area contributed by atoms with Crippen molar-refractivity contribution in [1.29, 1.82) is 0 Å². The molecule has 4 aromatic rings. The van der Waals surface area contributed by atoms with Crippen molar-refractivity contribution < 1.29 is 9.72 Å². The normalized spacial score (nSPS) is 10.5. The summed E-state index contributed by atoms with van der Waals surface area (Å²) in [7, 11) is 0. The van der Waals surface area contributed by atoms with Crippen LogP contribution in [-0.2, 0) is 0 Å². The summed E-state index contributed by atoms with van der Waals surface area (Å²) in [6.45, 7) is 0. The minimum Gasteiger partial charge on any atom is -0.316 e. The Balaban J connectivity index is 1.91. The van der Waals surface area contributed by atoms with Crippen molar-refractivity contribution >= 4 is 28.9 Å². The van der Waals surface area contributed by atoms with E-state index in [2.05, 4.69) is 15.5 Å². The second-order valence-corrected chi connectivity index (χ2v) is 7.19. The summed E-state index contributed by atoms with van der Waals surface area (Å²) < 4.78 is 0. The van der Waals surface area contributed by atoms with Crippen LogP contribution in [0.25, 0.3) is 22.4 Å². The van der Waals surface area contributed by atoms with Crippen molar-refractivity contribution in [1.82, 2.24) is 10.2 Å². The van der Waals surface area contributed by atoms with E-state index in [1.54, 1.807) is 36.4 Å². The topological polar surface area (TPSA) is 118 Å². The number of nitrogens with one attached hydrogen (secondary N) is 2. The number of nitro benzene ring substituents is 1. The molecule has 0 unspecified atom stereocenters. The number of halogens is 1. The number of hydrogen-bond donors (Lipinski definition) is 2. The van der Waals surface area contributed by atoms with Gasteiger partial charge in [0.25, 0.3) is 17.2 Å². The molecule has 0 spiro atoms. The highest BCUT2D eigenvalue weighted by molar-refractivity contribution is 6.31. The zero-order valence-electron chi connectivity index (χ0n) is 16.4. The lowest BCUT2D eigenvalue weighted by Crippen LogP contribution is -2.26. The lowest BCUT2D eigenvalue weighted by atomic mass is 9.95. The molecule has 4 rings (SSSR count). The molecule has 0 saturated carbocycles. The van der Waals surface area contributed by atoms with Crippen LogP contribution in [0.2, 0.25) is 5.02 Å². The van der Waals surface area contributed by atoms with Crippen LogP contribution in [0.1, 0.15) is 10.4 Å². The predicted octanol–water partition coefficient (Wildman–Crippen LogP) is 4.92. The maximum absolute atomic E-state index is 13.3. The fraction of sp³-hybridized carbons (Fsp3) is 0. The SMILES string of the molecule is O=C(Nc1ccc(Cl)cc1[N+](=O)[O-])c1c(-c2ccccc2)c(-c2ccccc2)n[nH]c1=O. The van der Waals surface area contributed by atoms with E-state index in [1.165, 1.54) is 12.1 Å². The molecule has 1 aromatic heterocycles. The summed E-state index contributed by atoms with van der Waals surface area (Å²) >= 11 is 5.85. The summed E-state index contributed by atoms with van der Waals surface area (Å²) in [6.07, 6.45) is 0. The molecule has 9 heteroatoms. The zero-order chi connectivity index (χ0) is 22.7. The van der Waals surface area contributed by atoms with Crippen LogP contribution in [0.4, 0.5) is 11.4 Å². The first kappa shape index (κ1) is 21.0. The first-order chi connectivity index (χ1) is 15.5. The molecule has 32 heavy (non-hydrogen) atoms. The second kappa shape index (κ2) is 8.83. The molecule has 1 heterocycles. The number of carbonyl (C=O) groups excluding carboxylic acids is 1. The number of benzene rings is 3. The summed E-state index contributed by atoms with van der Waals surface area (Å²) in [5, 5.41) is 20.6. The first-order valence-electron chi connectivity index (χ1n) is 9.44. The average Bonchev–Trinajstić information content (AvgIpc) is 2.81. The highest BCUT2D eigenvalue weighted by Crippen LogP contribution is 2.33. The Hall–Kier alpha value is -4.30. The van der Waals surface area contributed by atoms with E-state index in [0.29, 0.717) is 22.4 Å². The van der Waals surface area contributed by atoms with Crippen molar-refractivity contribution in [3.8, 4) is 22.4 Å². The van der Waals surface area contributed by atoms with E-state index in [1.807, 2.05) is 24.3 Å². The van der Waals surface area contributed by atoms with Gasteiger partial charge in [0.05, 0.1) is 10.6 Å². The van der Waals surface area contributed by atoms with Crippen LogP contribution in [0.5, 0.6) is 0 Å². The maximum atomic E-state index is 13.3. The van der Waals surface area contributed by atoms with Gasteiger partial charge in [0, 0.05) is 22.2 Å². The Morgan fingerprint density at radius 1 is 0.969 bits per heavy atom. The number of nitro groups is 1. The number of aromatic nitrogens is 2. The minimum absolute atomic E-state index is 0.0825. The number of carbonyl (C=O) groups is 1. The second-order valence-electron chi connectivity index (χ2n) is 6.76. The molecule has 0 aliphatic carbocycles. The Labute approximate surface area is 186 Å². The summed E-state index contributed by atoms with van der Waals surface area (Å²) in [4.78, 5) is 36.8. The van der Waals surface area contributed by atoms with Crippen molar-refractivity contribution in [3.63, 3.8) is 0 Å². The largest absolute Gasteiger partial charge is 0.316 e. The molecule has 0 atom stereocenters. The molecule has 0 aliphatic rings. The molecule has 0 fully saturated rings. The predicted molar refractivity (Wildman–Crippen MR) is 122 cm³/mol. The van der Waals surface area contributed by atoms with Gasteiger partial charge in [0.2, 0.25) is 0 Å². The van der Waals surface area contributed by atoms with Gasteiger partial charge in [-0.2, -0.15) is 5.10 Å². The molecule has 0 aliphatic heterocycles. The van der Waals surface area contributed by atoms with Crippen molar-refractivity contribution in [2.24, 2.45) is 0 Å². The number of nitrogens with zero attached hydrogens (tertiary/aromatic N) is 2. The van der Waals surface area contributed by atoms with Crippen LogP contribution in [-0.4, -0.2) is 21.0 Å². The van der Waals surface area contributed by atoms with Crippen LogP contribution >= 0.6 is 11.6 Å². The van der Waals surface area contributed by atoms with Crippen molar-refractivity contribution in [2.45, 2.75) is 0 Å². The quantitative estimate of drug-likeness (QED) is 0.333. The van der Waals surface area contributed by atoms with Gasteiger partial charge in [-0.15, -0.1) is 0 Å². The van der Waals surface area contributed by atoms with Gasteiger partial charge in [-0.05, 0) is 17.7 Å². The Kier molecular flexibility index (Phi) is 5.78. The van der Waals surface area contributed by atoms with E-state index in [0.717, 1.165) is 6.07 Å². The third-order valence-electron chi connectivity index (χ3n) is 4.72. The number of aromatic amines is 1. The fourth-order valence-electron chi connectivity index (χ4n) is 3.30. The summed E-state index contributed by atoms with van der Waals surface area (Å²) in [6, 6.07) is 21.8. The fourth-order valence-corrected chi connectivity index (χ4v) is 3.47. The van der Waals surface area contributed by atoms with E-state index in [4.69, 9.17) is 11.6 Å². The summed E-state index contributed by atoms with van der Waals surface area (Å²) in [5.74, 6) is -0.810. The molecule has 1 amide bonds. The van der Waals surface area contributed by atoms with Crippen molar-refractivity contribution in [3.05, 3.63) is 110 Å². The summed E-state index contributed by atoms with van der Waals surface area (Å²) in [5.41, 5.74) is 0.588. The Morgan fingerprint density at radius 2 is 1.59 bits per heavy atom. The highest BCUT2D eigenvalue weighted by atomic mass is 35.5. The standard InChI is InChI=1S/C23H15ClN4O4/c24-16-11-12-17(18(13-16)28(31)32)25-22(29)20-19(14-7-3-1-4-8-14)21(26-27-23(20)30)15-9-5-2-6-10-15/h1-13H,(H,25,29)(H,27,30). The Bertz CT molecular complexity index is 1370. The van der Waals surface area contributed by atoms with E-state index >= 15 is 0 Å². The van der Waals surface area contributed by atoms with E-state index < -0.39 is 16.4 Å². The Morgan fingerprint density at radius 3 is 2.22 bits per heavy atom. The molecule has 0 saturated heterocycles. The third-order valence-corrected chi connectivity index (χ3v) is 4.96. The van der Waals surface area contributed by atoms with Gasteiger partial charge >= 0.3 is 0 Å². The zero-order valence-corrected chi connectivity index (χ0v) is 17.2. The van der Waals surface area contributed by atoms with Gasteiger partial charge in [-0.25, -0.2) is 5.10 Å². The number of amides is 1. The number of rotatable bonds is 5. The number of anilines is 1. The van der Waals surface area contributed by atoms with Crippen LogP contribution in [0.3, 0.4) is 0 Å².